The number of hydrogen-bond acceptors (Lipinski definition) is 5. The molecular weight excluding hydrogens is 340 g/mol. The van der Waals surface area contributed by atoms with Crippen molar-refractivity contribution in [3.05, 3.63) is 65.8 Å². The van der Waals surface area contributed by atoms with Crippen molar-refractivity contribution in [3.63, 3.8) is 0 Å². The smallest absolute Gasteiger partial charge is 0.227 e. The fraction of sp³-hybridized carbons (Fsp3) is 0.333. The SMILES string of the molecule is Cc1ccc(C2CCCN2C(=O)CCc2nc(-c3ccncc3)no2)cc1. The highest BCUT2D eigenvalue weighted by molar-refractivity contribution is 5.77. The number of aromatic nitrogens is 3. The molecule has 0 saturated carbocycles. The molecule has 0 N–H and O–H groups in total. The van der Waals surface area contributed by atoms with E-state index >= 15 is 0 Å². The lowest BCUT2D eigenvalue weighted by Gasteiger charge is -2.25. The zero-order valence-corrected chi connectivity index (χ0v) is 15.3. The molecule has 0 aliphatic carbocycles. The molecule has 1 fully saturated rings. The summed E-state index contributed by atoms with van der Waals surface area (Å²) in [6, 6.07) is 12.3. The Balaban J connectivity index is 1.39. The number of benzene rings is 1. The maximum atomic E-state index is 12.8. The zero-order chi connectivity index (χ0) is 18.6. The lowest BCUT2D eigenvalue weighted by atomic mass is 10.0. The Morgan fingerprint density at radius 2 is 1.96 bits per heavy atom. The van der Waals surface area contributed by atoms with Crippen molar-refractivity contribution < 1.29 is 9.32 Å². The van der Waals surface area contributed by atoms with Gasteiger partial charge in [-0.15, -0.1) is 0 Å². The first-order valence-electron chi connectivity index (χ1n) is 9.30. The van der Waals surface area contributed by atoms with Crippen LogP contribution in [-0.2, 0) is 11.2 Å². The number of likely N-dealkylation sites (tertiary alicyclic amines) is 1. The summed E-state index contributed by atoms with van der Waals surface area (Å²) in [5.41, 5.74) is 3.30. The lowest BCUT2D eigenvalue weighted by molar-refractivity contribution is -0.132. The maximum absolute atomic E-state index is 12.8. The van der Waals surface area contributed by atoms with Crippen LogP contribution in [-0.4, -0.2) is 32.5 Å². The predicted molar refractivity (Wildman–Crippen MR) is 101 cm³/mol. The molecule has 2 aromatic heterocycles. The van der Waals surface area contributed by atoms with Gasteiger partial charge in [-0.1, -0.05) is 35.0 Å². The lowest BCUT2D eigenvalue weighted by Crippen LogP contribution is -2.30. The van der Waals surface area contributed by atoms with E-state index in [9.17, 15) is 4.79 Å². The molecule has 0 spiro atoms. The monoisotopic (exact) mass is 362 g/mol. The highest BCUT2D eigenvalue weighted by atomic mass is 16.5. The topological polar surface area (TPSA) is 72.1 Å². The van der Waals surface area contributed by atoms with E-state index in [0.29, 0.717) is 24.6 Å². The molecule has 27 heavy (non-hydrogen) atoms. The Morgan fingerprint density at radius 1 is 1.19 bits per heavy atom. The van der Waals surface area contributed by atoms with E-state index in [-0.39, 0.29) is 11.9 Å². The third-order valence-corrected chi connectivity index (χ3v) is 4.99. The van der Waals surface area contributed by atoms with Crippen LogP contribution >= 0.6 is 0 Å². The van der Waals surface area contributed by atoms with Gasteiger partial charge in [0.15, 0.2) is 0 Å². The number of amides is 1. The molecule has 6 heteroatoms. The van der Waals surface area contributed by atoms with Gasteiger partial charge in [0, 0.05) is 37.3 Å². The molecule has 0 bridgehead atoms. The van der Waals surface area contributed by atoms with Crippen molar-refractivity contribution in [2.75, 3.05) is 6.54 Å². The van der Waals surface area contributed by atoms with Gasteiger partial charge < -0.3 is 9.42 Å². The molecule has 1 aliphatic rings. The Hall–Kier alpha value is -3.02. The van der Waals surface area contributed by atoms with Crippen LogP contribution in [0.3, 0.4) is 0 Å². The molecule has 1 atom stereocenters. The number of carbonyl (C=O) groups excluding carboxylic acids is 1. The number of aryl methyl sites for hydroxylation is 2. The summed E-state index contributed by atoms with van der Waals surface area (Å²) in [6.45, 7) is 2.88. The molecule has 3 aromatic rings. The van der Waals surface area contributed by atoms with Crippen LogP contribution in [0.4, 0.5) is 0 Å². The number of rotatable bonds is 5. The Morgan fingerprint density at radius 3 is 2.74 bits per heavy atom. The average Bonchev–Trinajstić information content (AvgIpc) is 3.37. The summed E-state index contributed by atoms with van der Waals surface area (Å²) < 4.78 is 5.30. The molecule has 0 radical (unpaired) electrons. The Bertz CT molecular complexity index is 905. The van der Waals surface area contributed by atoms with Gasteiger partial charge in [-0.2, -0.15) is 4.98 Å². The van der Waals surface area contributed by atoms with E-state index < -0.39 is 0 Å². The third kappa shape index (κ3) is 3.89. The van der Waals surface area contributed by atoms with Gasteiger partial charge in [-0.25, -0.2) is 0 Å². The Kier molecular flexibility index (Phi) is 4.96. The molecule has 3 heterocycles. The van der Waals surface area contributed by atoms with Gasteiger partial charge in [-0.05, 0) is 37.5 Å². The van der Waals surface area contributed by atoms with Crippen molar-refractivity contribution in [3.8, 4) is 11.4 Å². The minimum atomic E-state index is 0.140. The first-order chi connectivity index (χ1) is 13.2. The van der Waals surface area contributed by atoms with Crippen molar-refractivity contribution in [2.24, 2.45) is 0 Å². The standard InChI is InChI=1S/C21H22N4O2/c1-15-4-6-16(7-5-15)18-3-2-14-25(18)20(26)9-8-19-23-21(24-27-19)17-10-12-22-13-11-17/h4-7,10-13,18H,2-3,8-9,14H2,1H3. The minimum Gasteiger partial charge on any atom is -0.339 e. The van der Waals surface area contributed by atoms with E-state index in [2.05, 4.69) is 46.3 Å². The maximum Gasteiger partial charge on any atom is 0.227 e. The number of nitrogens with zero attached hydrogens (tertiary/aromatic N) is 4. The van der Waals surface area contributed by atoms with Crippen LogP contribution in [0.2, 0.25) is 0 Å². The molecular formula is C21H22N4O2. The predicted octanol–water partition coefficient (Wildman–Crippen LogP) is 3.74. The number of hydrogen-bond donors (Lipinski definition) is 0. The molecule has 1 amide bonds. The van der Waals surface area contributed by atoms with E-state index in [1.807, 2.05) is 17.0 Å². The summed E-state index contributed by atoms with van der Waals surface area (Å²) in [5.74, 6) is 1.15. The van der Waals surface area contributed by atoms with Crippen molar-refractivity contribution in [1.29, 1.82) is 0 Å². The molecule has 6 nitrogen and oxygen atoms in total. The van der Waals surface area contributed by atoms with E-state index in [1.165, 1.54) is 11.1 Å². The van der Waals surface area contributed by atoms with Gasteiger partial charge in [-0.3, -0.25) is 9.78 Å². The van der Waals surface area contributed by atoms with Crippen LogP contribution in [0, 0.1) is 6.92 Å². The second-order valence-corrected chi connectivity index (χ2v) is 6.90. The van der Waals surface area contributed by atoms with Crippen molar-refractivity contribution >= 4 is 5.91 Å². The normalized spacial score (nSPS) is 16.6. The summed E-state index contributed by atoms with van der Waals surface area (Å²) in [4.78, 5) is 23.1. The van der Waals surface area contributed by atoms with Crippen LogP contribution in [0.15, 0.2) is 53.3 Å². The van der Waals surface area contributed by atoms with Gasteiger partial charge in [0.05, 0.1) is 6.04 Å². The van der Waals surface area contributed by atoms with Crippen LogP contribution < -0.4 is 0 Å². The fourth-order valence-corrected chi connectivity index (χ4v) is 3.53. The van der Waals surface area contributed by atoms with Crippen LogP contribution in [0.1, 0.15) is 42.3 Å². The van der Waals surface area contributed by atoms with Crippen molar-refractivity contribution in [2.45, 2.75) is 38.6 Å². The molecule has 4 rings (SSSR count). The quantitative estimate of drug-likeness (QED) is 0.691. The molecule has 138 valence electrons. The molecule has 1 unspecified atom stereocenters. The Labute approximate surface area is 158 Å². The van der Waals surface area contributed by atoms with Gasteiger partial charge >= 0.3 is 0 Å². The zero-order valence-electron chi connectivity index (χ0n) is 15.3. The first-order valence-corrected chi connectivity index (χ1v) is 9.30. The van der Waals surface area contributed by atoms with Crippen LogP contribution in [0.25, 0.3) is 11.4 Å². The average molecular weight is 362 g/mol. The first kappa shape index (κ1) is 17.4. The number of pyridine rings is 1. The van der Waals surface area contributed by atoms with Crippen LogP contribution in [0.5, 0.6) is 0 Å². The highest BCUT2D eigenvalue weighted by Gasteiger charge is 2.29. The van der Waals surface area contributed by atoms with E-state index in [1.54, 1.807) is 12.4 Å². The molecule has 1 aromatic carbocycles. The second-order valence-electron chi connectivity index (χ2n) is 6.90. The molecule has 1 aliphatic heterocycles. The molecule has 1 saturated heterocycles. The number of carbonyl (C=O) groups is 1. The summed E-state index contributed by atoms with van der Waals surface area (Å²) >= 11 is 0. The van der Waals surface area contributed by atoms with Gasteiger partial charge in [0.2, 0.25) is 17.6 Å². The fourth-order valence-electron chi connectivity index (χ4n) is 3.53. The van der Waals surface area contributed by atoms with Gasteiger partial charge in [0.1, 0.15) is 0 Å². The van der Waals surface area contributed by atoms with E-state index in [4.69, 9.17) is 4.52 Å². The largest absolute Gasteiger partial charge is 0.339 e. The summed E-state index contributed by atoms with van der Waals surface area (Å²) in [7, 11) is 0. The van der Waals surface area contributed by atoms with Crippen molar-refractivity contribution in [1.82, 2.24) is 20.0 Å². The summed E-state index contributed by atoms with van der Waals surface area (Å²) in [5, 5.41) is 3.99. The summed E-state index contributed by atoms with van der Waals surface area (Å²) in [6.07, 6.45) is 6.26. The third-order valence-electron chi connectivity index (χ3n) is 4.99. The minimum absolute atomic E-state index is 0.140. The second kappa shape index (κ2) is 7.70. The van der Waals surface area contributed by atoms with Gasteiger partial charge in [0.25, 0.3) is 0 Å². The highest BCUT2D eigenvalue weighted by Crippen LogP contribution is 2.32. The van der Waals surface area contributed by atoms with E-state index in [0.717, 1.165) is 24.9 Å².